The van der Waals surface area contributed by atoms with Crippen LogP contribution in [0.25, 0.3) is 11.1 Å². The summed E-state index contributed by atoms with van der Waals surface area (Å²) in [7, 11) is -2.18. The second kappa shape index (κ2) is 6.07. The van der Waals surface area contributed by atoms with Crippen molar-refractivity contribution in [3.05, 3.63) is 81.9 Å². The second-order valence-corrected chi connectivity index (χ2v) is 8.85. The number of rotatable bonds is 2. The first-order chi connectivity index (χ1) is 12.4. The molecule has 0 aromatic heterocycles. The summed E-state index contributed by atoms with van der Waals surface area (Å²) in [6.07, 6.45) is 0. The van der Waals surface area contributed by atoms with Crippen LogP contribution in [-0.2, 0) is 4.57 Å². The van der Waals surface area contributed by atoms with Crippen molar-refractivity contribution in [2.45, 2.75) is 27.7 Å². The van der Waals surface area contributed by atoms with Crippen LogP contribution in [0.2, 0.25) is 0 Å². The fourth-order valence-corrected chi connectivity index (χ4v) is 6.15. The molecule has 1 aliphatic rings. The summed E-state index contributed by atoms with van der Waals surface area (Å²) in [6.45, 7) is 7.92. The number of carbonyl (C=O) groups excluding carboxylic acids is 1. The molecule has 4 rings (SSSR count). The Morgan fingerprint density at radius 1 is 0.769 bits per heavy atom. The van der Waals surface area contributed by atoms with Crippen LogP contribution in [0, 0.1) is 27.7 Å². The van der Waals surface area contributed by atoms with Gasteiger partial charge in [-0.15, -0.1) is 0 Å². The molecule has 0 saturated heterocycles. The lowest BCUT2D eigenvalue weighted by atomic mass is 9.89. The molecule has 1 atom stereocenters. The zero-order valence-electron chi connectivity index (χ0n) is 15.4. The van der Waals surface area contributed by atoms with Gasteiger partial charge in [0.2, 0.25) is 0 Å². The van der Waals surface area contributed by atoms with Gasteiger partial charge < -0.3 is 4.57 Å². The Morgan fingerprint density at radius 3 is 2.12 bits per heavy atom. The maximum Gasteiger partial charge on any atom is 0.194 e. The van der Waals surface area contributed by atoms with Gasteiger partial charge >= 0.3 is 0 Å². The normalized spacial score (nSPS) is 14.8. The summed E-state index contributed by atoms with van der Waals surface area (Å²) in [6, 6.07) is 15.8. The first-order valence-corrected chi connectivity index (χ1v) is 10.2. The number of aryl methyl sites for hydroxylation is 4. The molecule has 0 N–H and O–H groups in total. The van der Waals surface area contributed by atoms with Crippen LogP contribution in [0.15, 0.2) is 48.5 Å². The van der Waals surface area contributed by atoms with E-state index in [0.717, 1.165) is 49.6 Å². The number of hydrogen-bond donors (Lipinski definition) is 0. The van der Waals surface area contributed by atoms with Crippen LogP contribution in [-0.4, -0.2) is 5.78 Å². The smallest absolute Gasteiger partial charge is 0.194 e. The summed E-state index contributed by atoms with van der Waals surface area (Å²) in [5, 5.41) is 1.60. The first kappa shape index (κ1) is 17.0. The standard InChI is InChI=1S/C23H21O2P/c1-13-11-15(3)20(16(4)12-13)22(24)21-14(2)9-10-18-17-7-5-6-8-19(17)26(25)23(18)21/h5-12,26H,1-4H3. The van der Waals surface area contributed by atoms with E-state index in [4.69, 9.17) is 0 Å². The number of hydrogen-bond acceptors (Lipinski definition) is 2. The molecule has 0 bridgehead atoms. The fraction of sp³-hybridized carbons (Fsp3) is 0.174. The zero-order chi connectivity index (χ0) is 18.6. The minimum Gasteiger partial charge on any atom is -0.317 e. The topological polar surface area (TPSA) is 34.1 Å². The molecule has 2 nitrogen and oxygen atoms in total. The lowest BCUT2D eigenvalue weighted by molar-refractivity contribution is 0.103. The third kappa shape index (κ3) is 2.40. The Kier molecular flexibility index (Phi) is 3.97. The maximum absolute atomic E-state index is 13.6. The van der Waals surface area contributed by atoms with Crippen LogP contribution < -0.4 is 10.6 Å². The Bertz CT molecular complexity index is 1090. The van der Waals surface area contributed by atoms with E-state index in [9.17, 15) is 9.36 Å². The van der Waals surface area contributed by atoms with E-state index in [-0.39, 0.29) is 5.78 Å². The van der Waals surface area contributed by atoms with Gasteiger partial charge in [0, 0.05) is 21.7 Å². The fourth-order valence-electron chi connectivity index (χ4n) is 4.17. The monoisotopic (exact) mass is 360 g/mol. The minimum atomic E-state index is -2.18. The number of carbonyl (C=O) groups is 1. The molecule has 0 fully saturated rings. The van der Waals surface area contributed by atoms with Crippen molar-refractivity contribution in [2.24, 2.45) is 0 Å². The molecule has 1 heterocycles. The van der Waals surface area contributed by atoms with Crippen molar-refractivity contribution >= 4 is 24.2 Å². The van der Waals surface area contributed by atoms with Crippen LogP contribution in [0.4, 0.5) is 0 Å². The van der Waals surface area contributed by atoms with E-state index in [0.29, 0.717) is 5.56 Å². The highest BCUT2D eigenvalue weighted by atomic mass is 31.1. The highest BCUT2D eigenvalue weighted by Gasteiger charge is 2.31. The van der Waals surface area contributed by atoms with Crippen molar-refractivity contribution < 1.29 is 9.36 Å². The molecular formula is C23H21O2P. The van der Waals surface area contributed by atoms with E-state index in [1.54, 1.807) is 0 Å². The average molecular weight is 360 g/mol. The van der Waals surface area contributed by atoms with Crippen LogP contribution >= 0.6 is 7.80 Å². The number of benzene rings is 3. The lowest BCUT2D eigenvalue weighted by Gasteiger charge is -2.15. The number of ketones is 1. The van der Waals surface area contributed by atoms with Crippen molar-refractivity contribution in [1.29, 1.82) is 0 Å². The summed E-state index contributed by atoms with van der Waals surface area (Å²) in [5.74, 6) is -0.0134. The quantitative estimate of drug-likeness (QED) is 0.385. The molecule has 130 valence electrons. The molecule has 0 saturated carbocycles. The molecule has 3 aromatic rings. The van der Waals surface area contributed by atoms with Gasteiger partial charge in [-0.1, -0.05) is 54.1 Å². The third-order valence-electron chi connectivity index (χ3n) is 5.23. The van der Waals surface area contributed by atoms with E-state index in [1.165, 1.54) is 0 Å². The Morgan fingerprint density at radius 2 is 1.42 bits per heavy atom. The predicted octanol–water partition coefficient (Wildman–Crippen LogP) is 4.64. The SMILES string of the molecule is Cc1cc(C)c(C(=O)c2c(C)ccc3c2[PH](=O)c2ccccc2-3)c(C)c1. The molecule has 1 unspecified atom stereocenters. The lowest BCUT2D eigenvalue weighted by Crippen LogP contribution is -2.18. The number of fused-ring (bicyclic) bond motifs is 3. The molecule has 26 heavy (non-hydrogen) atoms. The largest absolute Gasteiger partial charge is 0.317 e. The summed E-state index contributed by atoms with van der Waals surface area (Å²) >= 11 is 0. The van der Waals surface area contributed by atoms with E-state index < -0.39 is 7.80 Å². The van der Waals surface area contributed by atoms with Gasteiger partial charge in [0.25, 0.3) is 0 Å². The van der Waals surface area contributed by atoms with Crippen molar-refractivity contribution in [1.82, 2.24) is 0 Å². The highest BCUT2D eigenvalue weighted by molar-refractivity contribution is 7.63. The summed E-state index contributed by atoms with van der Waals surface area (Å²) < 4.78 is 13.3. The molecule has 0 aliphatic carbocycles. The Labute approximate surface area is 154 Å². The highest BCUT2D eigenvalue weighted by Crippen LogP contribution is 2.40. The van der Waals surface area contributed by atoms with Gasteiger partial charge in [-0.05, 0) is 55.5 Å². The molecule has 3 aromatic carbocycles. The Hall–Kier alpha value is -2.44. The van der Waals surface area contributed by atoms with Crippen molar-refractivity contribution in [3.63, 3.8) is 0 Å². The van der Waals surface area contributed by atoms with Crippen LogP contribution in [0.3, 0.4) is 0 Å². The second-order valence-electron chi connectivity index (χ2n) is 7.16. The average Bonchev–Trinajstić information content (AvgIpc) is 2.87. The van der Waals surface area contributed by atoms with Crippen molar-refractivity contribution in [2.75, 3.05) is 0 Å². The molecule has 0 spiro atoms. The van der Waals surface area contributed by atoms with Gasteiger partial charge in [0.15, 0.2) is 5.78 Å². The minimum absolute atomic E-state index is 0.0134. The van der Waals surface area contributed by atoms with Crippen LogP contribution in [0.1, 0.15) is 38.2 Å². The Balaban J connectivity index is 1.98. The van der Waals surface area contributed by atoms with E-state index in [1.807, 2.05) is 76.2 Å². The van der Waals surface area contributed by atoms with Crippen LogP contribution in [0.5, 0.6) is 0 Å². The molecule has 0 radical (unpaired) electrons. The van der Waals surface area contributed by atoms with Gasteiger partial charge in [0.05, 0.1) is 0 Å². The van der Waals surface area contributed by atoms with Gasteiger partial charge in [-0.2, -0.15) is 0 Å². The summed E-state index contributed by atoms with van der Waals surface area (Å²) in [4.78, 5) is 13.6. The van der Waals surface area contributed by atoms with Crippen molar-refractivity contribution in [3.8, 4) is 11.1 Å². The van der Waals surface area contributed by atoms with Gasteiger partial charge in [0.1, 0.15) is 7.80 Å². The predicted molar refractivity (Wildman–Crippen MR) is 109 cm³/mol. The van der Waals surface area contributed by atoms with E-state index >= 15 is 0 Å². The van der Waals surface area contributed by atoms with E-state index in [2.05, 4.69) is 0 Å². The van der Waals surface area contributed by atoms with Gasteiger partial charge in [-0.3, -0.25) is 4.79 Å². The summed E-state index contributed by atoms with van der Waals surface area (Å²) in [5.41, 5.74) is 7.28. The molecule has 1 aliphatic heterocycles. The molecule has 0 amide bonds. The molecular weight excluding hydrogens is 339 g/mol. The van der Waals surface area contributed by atoms with Gasteiger partial charge in [-0.25, -0.2) is 0 Å². The zero-order valence-corrected chi connectivity index (χ0v) is 16.4. The third-order valence-corrected chi connectivity index (χ3v) is 7.13. The molecule has 3 heteroatoms. The first-order valence-electron chi connectivity index (χ1n) is 8.80. The maximum atomic E-state index is 13.6.